The Kier molecular flexibility index (Phi) is 6.43. The first kappa shape index (κ1) is 12.5. The maximum atomic E-state index is 9.18. The first-order chi connectivity index (χ1) is 7.38. The molecule has 0 aromatic carbocycles. The van der Waals surface area contributed by atoms with Gasteiger partial charge in [0.15, 0.2) is 0 Å². The van der Waals surface area contributed by atoms with E-state index in [1.807, 2.05) is 0 Å². The quantitative estimate of drug-likeness (QED) is 0.648. The van der Waals surface area contributed by atoms with Crippen LogP contribution in [0.3, 0.4) is 0 Å². The molecule has 1 rings (SSSR count). The van der Waals surface area contributed by atoms with Gasteiger partial charge in [-0.1, -0.05) is 39.0 Å². The van der Waals surface area contributed by atoms with Gasteiger partial charge in [-0.2, -0.15) is 5.26 Å². The summed E-state index contributed by atoms with van der Waals surface area (Å²) >= 11 is 0. The van der Waals surface area contributed by atoms with E-state index in [9.17, 15) is 5.26 Å². The van der Waals surface area contributed by atoms with Gasteiger partial charge < -0.3 is 0 Å². The van der Waals surface area contributed by atoms with E-state index in [0.717, 1.165) is 19.5 Å². The molecule has 0 aromatic rings. The van der Waals surface area contributed by atoms with Gasteiger partial charge >= 0.3 is 0 Å². The Hall–Kier alpha value is -0.550. The molecule has 2 nitrogen and oxygen atoms in total. The first-order valence-electron chi connectivity index (χ1n) is 6.52. The second-order valence-corrected chi connectivity index (χ2v) is 4.59. The van der Waals surface area contributed by atoms with Crippen LogP contribution in [0.5, 0.6) is 0 Å². The van der Waals surface area contributed by atoms with Crippen LogP contribution in [0.4, 0.5) is 0 Å². The summed E-state index contributed by atoms with van der Waals surface area (Å²) in [5.74, 6) is 0. The molecule has 0 radical (unpaired) electrons. The zero-order valence-corrected chi connectivity index (χ0v) is 10.0. The molecule has 1 heterocycles. The maximum absolute atomic E-state index is 9.18. The third-order valence-electron chi connectivity index (χ3n) is 3.31. The van der Waals surface area contributed by atoms with Gasteiger partial charge in [-0.3, -0.25) is 4.90 Å². The Balaban J connectivity index is 2.31. The van der Waals surface area contributed by atoms with Crippen molar-refractivity contribution in [1.82, 2.24) is 4.90 Å². The van der Waals surface area contributed by atoms with E-state index in [0.29, 0.717) is 0 Å². The van der Waals surface area contributed by atoms with Gasteiger partial charge in [0.2, 0.25) is 0 Å². The second-order valence-electron chi connectivity index (χ2n) is 4.59. The van der Waals surface area contributed by atoms with E-state index in [-0.39, 0.29) is 6.04 Å². The molecule has 1 fully saturated rings. The summed E-state index contributed by atoms with van der Waals surface area (Å²) in [4.78, 5) is 2.41. The van der Waals surface area contributed by atoms with Crippen molar-refractivity contribution < 1.29 is 0 Å². The van der Waals surface area contributed by atoms with E-state index in [2.05, 4.69) is 17.9 Å². The van der Waals surface area contributed by atoms with Crippen molar-refractivity contribution in [3.05, 3.63) is 0 Å². The Bertz CT molecular complexity index is 187. The van der Waals surface area contributed by atoms with Crippen molar-refractivity contribution >= 4 is 0 Å². The Labute approximate surface area is 94.3 Å². The molecular formula is C13H24N2. The standard InChI is InChI=1S/C13H24N2/c1-2-3-6-9-13(12-14)15-10-7-4-5-8-11-15/h13H,2-11H2,1H3. The zero-order valence-electron chi connectivity index (χ0n) is 10.0. The number of nitriles is 1. The highest BCUT2D eigenvalue weighted by Gasteiger charge is 2.18. The van der Waals surface area contributed by atoms with Crippen LogP contribution in [0, 0.1) is 11.3 Å². The smallest absolute Gasteiger partial charge is 0.0977 e. The van der Waals surface area contributed by atoms with Crippen molar-refractivity contribution in [2.75, 3.05) is 13.1 Å². The third kappa shape index (κ3) is 4.66. The fraction of sp³-hybridized carbons (Fsp3) is 0.923. The molecule has 15 heavy (non-hydrogen) atoms. The van der Waals surface area contributed by atoms with Crippen LogP contribution in [0.2, 0.25) is 0 Å². The molecular weight excluding hydrogens is 184 g/mol. The number of nitrogens with zero attached hydrogens (tertiary/aromatic N) is 2. The molecule has 1 unspecified atom stereocenters. The highest BCUT2D eigenvalue weighted by Crippen LogP contribution is 2.16. The van der Waals surface area contributed by atoms with Gasteiger partial charge in [-0.25, -0.2) is 0 Å². The largest absolute Gasteiger partial charge is 0.288 e. The maximum Gasteiger partial charge on any atom is 0.0977 e. The summed E-state index contributed by atoms with van der Waals surface area (Å²) in [6.07, 6.45) is 10.1. The number of hydrogen-bond acceptors (Lipinski definition) is 2. The zero-order chi connectivity index (χ0) is 10.9. The molecule has 0 aliphatic carbocycles. The summed E-state index contributed by atoms with van der Waals surface area (Å²) in [6, 6.07) is 2.67. The molecule has 0 amide bonds. The molecule has 1 aliphatic heterocycles. The summed E-state index contributed by atoms with van der Waals surface area (Å²) in [7, 11) is 0. The lowest BCUT2D eigenvalue weighted by Crippen LogP contribution is -2.35. The topological polar surface area (TPSA) is 27.0 Å². The van der Waals surface area contributed by atoms with Crippen molar-refractivity contribution in [3.8, 4) is 6.07 Å². The van der Waals surface area contributed by atoms with Crippen LogP contribution in [0.25, 0.3) is 0 Å². The minimum absolute atomic E-state index is 0.189. The molecule has 0 N–H and O–H groups in total. The molecule has 2 heteroatoms. The molecule has 86 valence electrons. The van der Waals surface area contributed by atoms with Crippen LogP contribution in [0.15, 0.2) is 0 Å². The van der Waals surface area contributed by atoms with Gasteiger partial charge in [0.25, 0.3) is 0 Å². The number of hydrogen-bond donors (Lipinski definition) is 0. The normalized spacial score (nSPS) is 20.5. The lowest BCUT2D eigenvalue weighted by atomic mass is 10.1. The third-order valence-corrected chi connectivity index (χ3v) is 3.31. The van der Waals surface area contributed by atoms with E-state index >= 15 is 0 Å². The van der Waals surface area contributed by atoms with Gasteiger partial charge in [-0.05, 0) is 32.4 Å². The number of likely N-dealkylation sites (tertiary alicyclic amines) is 1. The monoisotopic (exact) mass is 208 g/mol. The van der Waals surface area contributed by atoms with Crippen LogP contribution >= 0.6 is 0 Å². The Morgan fingerprint density at radius 1 is 1.13 bits per heavy atom. The highest BCUT2D eigenvalue weighted by atomic mass is 15.1. The van der Waals surface area contributed by atoms with Crippen molar-refractivity contribution in [3.63, 3.8) is 0 Å². The number of unbranched alkanes of at least 4 members (excludes halogenated alkanes) is 2. The van der Waals surface area contributed by atoms with Crippen molar-refractivity contribution in [2.24, 2.45) is 0 Å². The summed E-state index contributed by atoms with van der Waals surface area (Å²) in [5.41, 5.74) is 0. The van der Waals surface area contributed by atoms with Crippen LogP contribution in [0.1, 0.15) is 58.3 Å². The van der Waals surface area contributed by atoms with Gasteiger partial charge in [0.05, 0.1) is 12.1 Å². The van der Waals surface area contributed by atoms with E-state index in [1.165, 1.54) is 44.9 Å². The SMILES string of the molecule is CCCCCC(C#N)N1CCCCCC1. The predicted octanol–water partition coefficient (Wildman–Crippen LogP) is 3.33. The molecule has 1 aliphatic rings. The molecule has 1 atom stereocenters. The Morgan fingerprint density at radius 3 is 2.33 bits per heavy atom. The molecule has 0 aromatic heterocycles. The molecule has 0 spiro atoms. The molecule has 0 bridgehead atoms. The average Bonchev–Trinajstić information content (AvgIpc) is 2.53. The van der Waals surface area contributed by atoms with Gasteiger partial charge in [-0.15, -0.1) is 0 Å². The van der Waals surface area contributed by atoms with E-state index in [1.54, 1.807) is 0 Å². The summed E-state index contributed by atoms with van der Waals surface area (Å²) in [6.45, 7) is 4.50. The van der Waals surface area contributed by atoms with Gasteiger partial charge in [0, 0.05) is 0 Å². The minimum atomic E-state index is 0.189. The summed E-state index contributed by atoms with van der Waals surface area (Å²) in [5, 5.41) is 9.18. The van der Waals surface area contributed by atoms with Crippen molar-refractivity contribution in [1.29, 1.82) is 5.26 Å². The lowest BCUT2D eigenvalue weighted by Gasteiger charge is -2.25. The van der Waals surface area contributed by atoms with Gasteiger partial charge in [0.1, 0.15) is 0 Å². The Morgan fingerprint density at radius 2 is 1.80 bits per heavy atom. The fourth-order valence-electron chi connectivity index (χ4n) is 2.32. The van der Waals surface area contributed by atoms with Crippen LogP contribution < -0.4 is 0 Å². The highest BCUT2D eigenvalue weighted by molar-refractivity contribution is 4.92. The average molecular weight is 208 g/mol. The van der Waals surface area contributed by atoms with Crippen molar-refractivity contribution in [2.45, 2.75) is 64.3 Å². The van der Waals surface area contributed by atoms with E-state index < -0.39 is 0 Å². The fourth-order valence-corrected chi connectivity index (χ4v) is 2.32. The number of rotatable bonds is 5. The minimum Gasteiger partial charge on any atom is -0.288 e. The van der Waals surface area contributed by atoms with E-state index in [4.69, 9.17) is 0 Å². The lowest BCUT2D eigenvalue weighted by molar-refractivity contribution is 0.230. The first-order valence-corrected chi connectivity index (χ1v) is 6.52. The molecule has 1 saturated heterocycles. The van der Waals surface area contributed by atoms with Crippen LogP contribution in [-0.2, 0) is 0 Å². The second kappa shape index (κ2) is 7.70. The summed E-state index contributed by atoms with van der Waals surface area (Å²) < 4.78 is 0. The predicted molar refractivity (Wildman–Crippen MR) is 63.6 cm³/mol. The van der Waals surface area contributed by atoms with Crippen LogP contribution in [-0.4, -0.2) is 24.0 Å². The molecule has 0 saturated carbocycles.